The van der Waals surface area contributed by atoms with Gasteiger partial charge in [0, 0.05) is 37.1 Å². The molecule has 0 aliphatic rings. The first kappa shape index (κ1) is 23.2. The van der Waals surface area contributed by atoms with Crippen LogP contribution in [0.2, 0.25) is 0 Å². The van der Waals surface area contributed by atoms with E-state index in [9.17, 15) is 0 Å². The van der Waals surface area contributed by atoms with Gasteiger partial charge in [-0.05, 0) is 0 Å². The predicted molar refractivity (Wildman–Crippen MR) is 49.6 cm³/mol. The fraction of sp³-hybridized carbons (Fsp3) is 0.800. The van der Waals surface area contributed by atoms with Crippen molar-refractivity contribution in [1.29, 1.82) is 0 Å². The normalized spacial score (nSPS) is 10.0. The molecule has 0 bridgehead atoms. The summed E-state index contributed by atoms with van der Waals surface area (Å²) in [5.41, 5.74) is 0.500. The molecule has 0 aromatic carbocycles. The fourth-order valence-electron chi connectivity index (χ4n) is 0. The van der Waals surface area contributed by atoms with E-state index in [1.54, 1.807) is 0 Å². The van der Waals surface area contributed by atoms with Gasteiger partial charge in [-0.25, -0.2) is 0 Å². The average Bonchev–Trinajstić information content (AvgIpc) is 1.12. The Balaban J connectivity index is -0.0000000457. The van der Waals surface area contributed by atoms with Crippen molar-refractivity contribution in [1.82, 2.24) is 0 Å². The van der Waals surface area contributed by atoms with Crippen molar-refractivity contribution in [2.75, 3.05) is 0 Å². The topological polar surface area (TPSA) is 0 Å². The summed E-state index contributed by atoms with van der Waals surface area (Å²) in [7, 11) is 0. The molecular weight excluding hydrogens is 222 g/mol. The van der Waals surface area contributed by atoms with E-state index in [0.717, 1.165) is 0 Å². The molecule has 0 aliphatic carbocycles. The summed E-state index contributed by atoms with van der Waals surface area (Å²) in [6, 6.07) is 0. The van der Waals surface area contributed by atoms with Gasteiger partial charge in [-0.2, -0.15) is 10.8 Å². The molecule has 74 valence electrons. The van der Waals surface area contributed by atoms with Crippen LogP contribution in [-0.4, -0.2) is 0 Å². The van der Waals surface area contributed by atoms with Crippen molar-refractivity contribution >= 4 is 0 Å². The molecule has 0 heterocycles. The summed E-state index contributed by atoms with van der Waals surface area (Å²) in [4.78, 5) is 0. The Hall–Kier alpha value is 1.17. The molecule has 0 saturated carbocycles. The second kappa shape index (κ2) is 8.75. The summed E-state index contributed by atoms with van der Waals surface area (Å²) >= 11 is 0. The number of hydrogen-bond acceptors (Lipinski definition) is 0. The first-order valence-electron chi connectivity index (χ1n) is 3.71. The summed E-state index contributed by atoms with van der Waals surface area (Å²) in [6.07, 6.45) is 0. The minimum atomic E-state index is 0. The third kappa shape index (κ3) is 845. The monoisotopic (exact) mass is 244 g/mol. The molecule has 0 N–H and O–H groups in total. The van der Waals surface area contributed by atoms with Gasteiger partial charge in [-0.15, -0.1) is 0 Å². The average molecular weight is 244 g/mol. The maximum atomic E-state index is 3.77. The van der Waals surface area contributed by atoms with Gasteiger partial charge in [-0.3, -0.25) is 0 Å². The Morgan fingerprint density at radius 3 is 0.583 bits per heavy atom. The molecule has 0 atom stereocenters. The molecule has 0 rings (SSSR count). The molecule has 0 spiro atoms. The van der Waals surface area contributed by atoms with Crippen LogP contribution in [0.1, 0.15) is 41.5 Å². The smallest absolute Gasteiger partial charge is 0 e. The molecule has 0 aliphatic heterocycles. The Morgan fingerprint density at radius 2 is 0.583 bits per heavy atom. The van der Waals surface area contributed by atoms with Crippen molar-refractivity contribution in [3.63, 3.8) is 0 Å². The zero-order valence-electron chi connectivity index (χ0n) is 9.31. The standard InChI is InChI=1S/2C5H11.2V/c2*1-5(2,3)4;;/h2*1H2,2-4H3;;/q2*-1;;. The van der Waals surface area contributed by atoms with Crippen LogP contribution in [0.15, 0.2) is 0 Å². The Bertz CT molecular complexity index is 50.8. The van der Waals surface area contributed by atoms with E-state index in [0.29, 0.717) is 0 Å². The zero-order valence-corrected chi connectivity index (χ0v) is 12.1. The first-order chi connectivity index (χ1) is 4.00. The molecule has 2 radical (unpaired) electrons. The predicted octanol–water partition coefficient (Wildman–Crippen LogP) is 3.73. The van der Waals surface area contributed by atoms with Gasteiger partial charge >= 0.3 is 0 Å². The van der Waals surface area contributed by atoms with Gasteiger partial charge in [-0.1, -0.05) is 41.5 Å². The molecule has 0 fully saturated rings. The summed E-state index contributed by atoms with van der Waals surface area (Å²) in [5, 5.41) is 0. The van der Waals surface area contributed by atoms with Gasteiger partial charge in [0.2, 0.25) is 0 Å². The Labute approximate surface area is 103 Å². The van der Waals surface area contributed by atoms with Crippen molar-refractivity contribution in [2.24, 2.45) is 10.8 Å². The van der Waals surface area contributed by atoms with Crippen molar-refractivity contribution in [2.45, 2.75) is 41.5 Å². The van der Waals surface area contributed by atoms with E-state index in [2.05, 4.69) is 55.4 Å². The van der Waals surface area contributed by atoms with Gasteiger partial charge in [0.25, 0.3) is 0 Å². The van der Waals surface area contributed by atoms with Crippen LogP contribution in [-0.2, 0) is 37.1 Å². The first-order valence-corrected chi connectivity index (χ1v) is 3.71. The van der Waals surface area contributed by atoms with Gasteiger partial charge in [0.05, 0.1) is 0 Å². The molecule has 0 saturated heterocycles. The van der Waals surface area contributed by atoms with Crippen LogP contribution < -0.4 is 0 Å². The SMILES string of the molecule is [CH2-]C(C)(C)C.[CH2-]C(C)(C)C.[V].[V]. The summed E-state index contributed by atoms with van der Waals surface area (Å²) < 4.78 is 0. The van der Waals surface area contributed by atoms with Gasteiger partial charge < -0.3 is 13.8 Å². The van der Waals surface area contributed by atoms with E-state index < -0.39 is 0 Å². The minimum Gasteiger partial charge on any atom is -0.338 e. The second-order valence-corrected chi connectivity index (χ2v) is 5.12. The second-order valence-electron chi connectivity index (χ2n) is 5.12. The van der Waals surface area contributed by atoms with Crippen LogP contribution in [0.25, 0.3) is 0 Å². The van der Waals surface area contributed by atoms with Crippen LogP contribution in [0, 0.1) is 24.7 Å². The number of rotatable bonds is 0. The Kier molecular flexibility index (Phi) is 16.9. The van der Waals surface area contributed by atoms with Gasteiger partial charge in [0.1, 0.15) is 0 Å². The molecule has 0 amide bonds. The third-order valence-electron chi connectivity index (χ3n) is 0. The van der Waals surface area contributed by atoms with E-state index >= 15 is 0 Å². The molecule has 12 heavy (non-hydrogen) atoms. The van der Waals surface area contributed by atoms with Crippen molar-refractivity contribution in [3.8, 4) is 0 Å². The van der Waals surface area contributed by atoms with E-state index in [1.807, 2.05) is 0 Å². The quantitative estimate of drug-likeness (QED) is 0.569. The van der Waals surface area contributed by atoms with Crippen LogP contribution in [0.4, 0.5) is 0 Å². The fourth-order valence-corrected chi connectivity index (χ4v) is 0. The molecular formula is C10H22V2-2. The zero-order chi connectivity index (χ0) is 9.00. The van der Waals surface area contributed by atoms with Crippen LogP contribution in [0.3, 0.4) is 0 Å². The number of hydrogen-bond donors (Lipinski definition) is 0. The largest absolute Gasteiger partial charge is 0.338 e. The molecule has 2 heteroatoms. The van der Waals surface area contributed by atoms with E-state index in [-0.39, 0.29) is 47.9 Å². The molecule has 0 aromatic rings. The van der Waals surface area contributed by atoms with Crippen molar-refractivity contribution in [3.05, 3.63) is 13.8 Å². The van der Waals surface area contributed by atoms with Crippen LogP contribution >= 0.6 is 0 Å². The van der Waals surface area contributed by atoms with Crippen molar-refractivity contribution < 1.29 is 37.1 Å². The molecule has 0 unspecified atom stereocenters. The van der Waals surface area contributed by atoms with Gasteiger partial charge in [0.15, 0.2) is 0 Å². The van der Waals surface area contributed by atoms with E-state index in [4.69, 9.17) is 0 Å². The molecule has 0 nitrogen and oxygen atoms in total. The maximum Gasteiger partial charge on any atom is 0 e. The maximum absolute atomic E-state index is 3.77. The van der Waals surface area contributed by atoms with Crippen LogP contribution in [0.5, 0.6) is 0 Å². The van der Waals surface area contributed by atoms with E-state index in [1.165, 1.54) is 0 Å². The molecule has 0 aromatic heterocycles. The minimum absolute atomic E-state index is 0. The summed E-state index contributed by atoms with van der Waals surface area (Å²) in [5.74, 6) is 0. The summed E-state index contributed by atoms with van der Waals surface area (Å²) in [6.45, 7) is 20.0. The third-order valence-corrected chi connectivity index (χ3v) is 0. The Morgan fingerprint density at radius 1 is 0.583 bits per heavy atom.